The Bertz CT molecular complexity index is 829. The predicted molar refractivity (Wildman–Crippen MR) is 94.5 cm³/mol. The standard InChI is InChI=1S/C20H25NO3/c1-12-5-3-6-13(2)21(12)11-14-9-17-15-7-4-8-16(15)20(23)24-19(17)10-18(14)22/h9-10,12-13,22H,3-8,11H2,1-2H3. The Morgan fingerprint density at radius 2 is 1.83 bits per heavy atom. The zero-order valence-electron chi connectivity index (χ0n) is 14.5. The van der Waals surface area contributed by atoms with Crippen molar-refractivity contribution in [2.24, 2.45) is 0 Å². The monoisotopic (exact) mass is 327 g/mol. The number of rotatable bonds is 2. The average molecular weight is 327 g/mol. The van der Waals surface area contributed by atoms with Gasteiger partial charge in [0.2, 0.25) is 0 Å². The molecule has 4 nitrogen and oxygen atoms in total. The van der Waals surface area contributed by atoms with Gasteiger partial charge >= 0.3 is 5.63 Å². The average Bonchev–Trinajstić information content (AvgIpc) is 3.02. The molecule has 128 valence electrons. The lowest BCUT2D eigenvalue weighted by atomic mass is 9.96. The van der Waals surface area contributed by atoms with E-state index in [4.69, 9.17) is 4.42 Å². The lowest BCUT2D eigenvalue weighted by Gasteiger charge is -2.39. The van der Waals surface area contributed by atoms with Crippen molar-refractivity contribution in [3.8, 4) is 5.75 Å². The van der Waals surface area contributed by atoms with Crippen LogP contribution >= 0.6 is 0 Å². The van der Waals surface area contributed by atoms with Crippen molar-refractivity contribution in [3.63, 3.8) is 0 Å². The van der Waals surface area contributed by atoms with E-state index in [9.17, 15) is 9.90 Å². The van der Waals surface area contributed by atoms with Crippen molar-refractivity contribution in [2.75, 3.05) is 0 Å². The Morgan fingerprint density at radius 3 is 2.58 bits per heavy atom. The van der Waals surface area contributed by atoms with Gasteiger partial charge in [-0.05, 0) is 57.6 Å². The summed E-state index contributed by atoms with van der Waals surface area (Å²) in [4.78, 5) is 14.5. The van der Waals surface area contributed by atoms with Gasteiger partial charge in [0, 0.05) is 41.2 Å². The molecule has 4 rings (SSSR count). The molecule has 1 aliphatic carbocycles. The van der Waals surface area contributed by atoms with Gasteiger partial charge in [-0.1, -0.05) is 6.42 Å². The van der Waals surface area contributed by atoms with Crippen LogP contribution in [0.15, 0.2) is 21.3 Å². The number of hydrogen-bond acceptors (Lipinski definition) is 4. The lowest BCUT2D eigenvalue weighted by Crippen LogP contribution is -2.42. The van der Waals surface area contributed by atoms with E-state index in [0.717, 1.165) is 47.9 Å². The van der Waals surface area contributed by atoms with Gasteiger partial charge in [-0.2, -0.15) is 0 Å². The van der Waals surface area contributed by atoms with Gasteiger partial charge in [-0.25, -0.2) is 4.79 Å². The first-order valence-corrected chi connectivity index (χ1v) is 9.11. The predicted octanol–water partition coefficient (Wildman–Crippen LogP) is 3.75. The summed E-state index contributed by atoms with van der Waals surface area (Å²) in [5.74, 6) is 0.230. The number of likely N-dealkylation sites (tertiary alicyclic amines) is 1. The molecule has 2 aromatic rings. The zero-order valence-corrected chi connectivity index (χ0v) is 14.5. The maximum absolute atomic E-state index is 12.1. The van der Waals surface area contributed by atoms with Gasteiger partial charge in [0.25, 0.3) is 0 Å². The molecule has 1 aliphatic heterocycles. The Hall–Kier alpha value is -1.81. The van der Waals surface area contributed by atoms with E-state index in [1.54, 1.807) is 6.07 Å². The van der Waals surface area contributed by atoms with Gasteiger partial charge in [-0.15, -0.1) is 0 Å². The van der Waals surface area contributed by atoms with Crippen LogP contribution < -0.4 is 5.63 Å². The smallest absolute Gasteiger partial charge is 0.339 e. The molecule has 0 spiro atoms. The molecule has 2 atom stereocenters. The fraction of sp³-hybridized carbons (Fsp3) is 0.550. The maximum atomic E-state index is 12.1. The first-order valence-electron chi connectivity index (χ1n) is 9.11. The van der Waals surface area contributed by atoms with Gasteiger partial charge < -0.3 is 9.52 Å². The summed E-state index contributed by atoms with van der Waals surface area (Å²) >= 11 is 0. The molecular formula is C20H25NO3. The van der Waals surface area contributed by atoms with Crippen LogP contribution in [-0.4, -0.2) is 22.1 Å². The second-order valence-electron chi connectivity index (χ2n) is 7.48. The molecule has 0 saturated carbocycles. The van der Waals surface area contributed by atoms with E-state index in [2.05, 4.69) is 18.7 Å². The first-order chi connectivity index (χ1) is 11.5. The second kappa shape index (κ2) is 5.92. The molecule has 1 fully saturated rings. The summed E-state index contributed by atoms with van der Waals surface area (Å²) in [6.07, 6.45) is 6.45. The van der Waals surface area contributed by atoms with E-state index in [1.165, 1.54) is 19.3 Å². The summed E-state index contributed by atoms with van der Waals surface area (Å²) in [5.41, 5.74) is 3.18. The van der Waals surface area contributed by atoms with Crippen LogP contribution in [0.3, 0.4) is 0 Å². The highest BCUT2D eigenvalue weighted by Gasteiger charge is 2.26. The number of fused-ring (bicyclic) bond motifs is 3. The molecule has 2 aliphatic rings. The minimum absolute atomic E-state index is 0.230. The number of hydrogen-bond donors (Lipinski definition) is 1. The van der Waals surface area contributed by atoms with Crippen molar-refractivity contribution < 1.29 is 9.52 Å². The van der Waals surface area contributed by atoms with Crippen LogP contribution in [0.25, 0.3) is 11.0 Å². The molecule has 1 saturated heterocycles. The summed E-state index contributed by atoms with van der Waals surface area (Å²) in [6, 6.07) is 4.74. The third-order valence-electron chi connectivity index (χ3n) is 5.90. The van der Waals surface area contributed by atoms with Crippen molar-refractivity contribution >= 4 is 11.0 Å². The number of benzene rings is 1. The fourth-order valence-corrected chi connectivity index (χ4v) is 4.47. The van der Waals surface area contributed by atoms with Crippen LogP contribution in [-0.2, 0) is 19.4 Å². The molecule has 1 aromatic heterocycles. The molecule has 0 radical (unpaired) electrons. The Labute approximate surface area is 142 Å². The highest BCUT2D eigenvalue weighted by atomic mass is 16.4. The van der Waals surface area contributed by atoms with Crippen LogP contribution in [0.2, 0.25) is 0 Å². The number of aromatic hydroxyl groups is 1. The van der Waals surface area contributed by atoms with Gasteiger partial charge in [0.15, 0.2) is 0 Å². The molecular weight excluding hydrogens is 302 g/mol. The van der Waals surface area contributed by atoms with Crippen LogP contribution in [0, 0.1) is 0 Å². The molecule has 2 unspecified atom stereocenters. The van der Waals surface area contributed by atoms with E-state index in [1.807, 2.05) is 6.07 Å². The van der Waals surface area contributed by atoms with Gasteiger partial charge in [0.1, 0.15) is 11.3 Å². The van der Waals surface area contributed by atoms with E-state index in [0.29, 0.717) is 17.7 Å². The first kappa shape index (κ1) is 15.7. The topological polar surface area (TPSA) is 53.7 Å². The number of aryl methyl sites for hydroxylation is 1. The molecule has 0 amide bonds. The third kappa shape index (κ3) is 2.53. The molecule has 24 heavy (non-hydrogen) atoms. The quantitative estimate of drug-likeness (QED) is 0.854. The minimum atomic E-state index is -0.236. The van der Waals surface area contributed by atoms with E-state index < -0.39 is 0 Å². The third-order valence-corrected chi connectivity index (χ3v) is 5.90. The second-order valence-corrected chi connectivity index (χ2v) is 7.48. The van der Waals surface area contributed by atoms with E-state index >= 15 is 0 Å². The summed E-state index contributed by atoms with van der Waals surface area (Å²) in [5, 5.41) is 11.5. The van der Waals surface area contributed by atoms with Gasteiger partial charge in [-0.3, -0.25) is 4.90 Å². The minimum Gasteiger partial charge on any atom is -0.507 e. The number of nitrogens with zero attached hydrogens (tertiary/aromatic N) is 1. The van der Waals surface area contributed by atoms with E-state index in [-0.39, 0.29) is 11.4 Å². The number of piperidine rings is 1. The number of phenols is 1. The summed E-state index contributed by atoms with van der Waals surface area (Å²) in [6.45, 7) is 5.28. The summed E-state index contributed by atoms with van der Waals surface area (Å²) < 4.78 is 5.44. The van der Waals surface area contributed by atoms with Crippen molar-refractivity contribution in [1.29, 1.82) is 0 Å². The normalized spacial score (nSPS) is 24.4. The van der Waals surface area contributed by atoms with Crippen LogP contribution in [0.4, 0.5) is 0 Å². The van der Waals surface area contributed by atoms with Crippen molar-refractivity contribution in [3.05, 3.63) is 39.2 Å². The van der Waals surface area contributed by atoms with Gasteiger partial charge in [0.05, 0.1) is 0 Å². The molecule has 4 heteroatoms. The zero-order chi connectivity index (χ0) is 16.8. The Morgan fingerprint density at radius 1 is 1.12 bits per heavy atom. The molecule has 0 bridgehead atoms. The summed E-state index contributed by atoms with van der Waals surface area (Å²) in [7, 11) is 0. The highest BCUT2D eigenvalue weighted by molar-refractivity contribution is 5.84. The van der Waals surface area contributed by atoms with Crippen LogP contribution in [0.5, 0.6) is 5.75 Å². The molecule has 2 heterocycles. The maximum Gasteiger partial charge on any atom is 0.339 e. The molecule has 1 N–H and O–H groups in total. The Balaban J connectivity index is 1.77. The van der Waals surface area contributed by atoms with Crippen LogP contribution in [0.1, 0.15) is 56.2 Å². The van der Waals surface area contributed by atoms with Crippen molar-refractivity contribution in [1.82, 2.24) is 4.90 Å². The Kier molecular flexibility index (Phi) is 3.87. The van der Waals surface area contributed by atoms with Crippen molar-refractivity contribution in [2.45, 2.75) is 71.0 Å². The lowest BCUT2D eigenvalue weighted by molar-refractivity contribution is 0.0944. The largest absolute Gasteiger partial charge is 0.507 e. The highest BCUT2D eigenvalue weighted by Crippen LogP contribution is 2.34. The SMILES string of the molecule is CC1CCCC(C)N1Cc1cc2c3c(c(=O)oc2cc1O)CCC3. The molecule has 1 aromatic carbocycles. The fourth-order valence-electron chi connectivity index (χ4n) is 4.47. The number of phenolic OH excluding ortho intramolecular Hbond substituents is 1.